The van der Waals surface area contributed by atoms with Gasteiger partial charge in [-0.3, -0.25) is 4.79 Å². The molecule has 128 valence electrons. The minimum Gasteiger partial charge on any atom is -0.504 e. The summed E-state index contributed by atoms with van der Waals surface area (Å²) in [4.78, 5) is 19.5. The summed E-state index contributed by atoms with van der Waals surface area (Å²) < 4.78 is 18.6. The Morgan fingerprint density at radius 1 is 1.36 bits per heavy atom. The van der Waals surface area contributed by atoms with Gasteiger partial charge in [0.15, 0.2) is 11.6 Å². The van der Waals surface area contributed by atoms with Crippen LogP contribution in [0.5, 0.6) is 5.75 Å². The summed E-state index contributed by atoms with van der Waals surface area (Å²) in [6.07, 6.45) is 3.00. The standard InChI is InChI=1S/C18H16FN3O3/c1-9-4-2-5-10-8-12(17(24)20-14(9)10)16-21-18(25-22-16)11-6-3-7-13(19)15(11)23/h3,6-9,23H,2,4-5H2,1H3,(H,20,24). The molecule has 2 N–H and O–H groups in total. The Balaban J connectivity index is 1.78. The number of pyridine rings is 1. The van der Waals surface area contributed by atoms with Gasteiger partial charge in [0, 0.05) is 5.69 Å². The second kappa shape index (κ2) is 5.84. The Hall–Kier alpha value is -2.96. The van der Waals surface area contributed by atoms with Gasteiger partial charge >= 0.3 is 0 Å². The molecule has 0 bridgehead atoms. The number of benzene rings is 1. The van der Waals surface area contributed by atoms with Crippen molar-refractivity contribution in [3.8, 4) is 28.6 Å². The van der Waals surface area contributed by atoms with Gasteiger partial charge in [-0.2, -0.15) is 4.98 Å². The number of aromatic amines is 1. The van der Waals surface area contributed by atoms with Crippen molar-refractivity contribution in [1.29, 1.82) is 0 Å². The summed E-state index contributed by atoms with van der Waals surface area (Å²) in [6.45, 7) is 2.09. The second-order valence-electron chi connectivity index (χ2n) is 6.30. The fourth-order valence-electron chi connectivity index (χ4n) is 3.27. The molecule has 0 aliphatic heterocycles. The van der Waals surface area contributed by atoms with Crippen molar-refractivity contribution in [2.24, 2.45) is 0 Å². The highest BCUT2D eigenvalue weighted by Gasteiger charge is 2.22. The van der Waals surface area contributed by atoms with E-state index in [4.69, 9.17) is 4.52 Å². The van der Waals surface area contributed by atoms with Crippen molar-refractivity contribution >= 4 is 0 Å². The van der Waals surface area contributed by atoms with Gasteiger partial charge in [-0.25, -0.2) is 4.39 Å². The Morgan fingerprint density at radius 3 is 3.04 bits per heavy atom. The van der Waals surface area contributed by atoms with Gasteiger partial charge in [0.1, 0.15) is 0 Å². The SMILES string of the molecule is CC1CCCc2cc(-c3noc(-c4cccc(F)c4O)n3)c(=O)[nH]c21. The molecule has 2 aromatic heterocycles. The zero-order valence-corrected chi connectivity index (χ0v) is 13.5. The number of fused-ring (bicyclic) bond motifs is 1. The lowest BCUT2D eigenvalue weighted by Gasteiger charge is -2.21. The molecule has 25 heavy (non-hydrogen) atoms. The van der Waals surface area contributed by atoms with Crippen molar-refractivity contribution < 1.29 is 14.0 Å². The second-order valence-corrected chi connectivity index (χ2v) is 6.30. The number of aromatic hydroxyl groups is 1. The summed E-state index contributed by atoms with van der Waals surface area (Å²) in [7, 11) is 0. The molecule has 0 spiro atoms. The van der Waals surface area contributed by atoms with Crippen LogP contribution in [0, 0.1) is 5.82 Å². The van der Waals surface area contributed by atoms with Crippen molar-refractivity contribution in [2.45, 2.75) is 32.1 Å². The number of nitrogens with zero attached hydrogens (tertiary/aromatic N) is 2. The van der Waals surface area contributed by atoms with E-state index in [2.05, 4.69) is 22.0 Å². The van der Waals surface area contributed by atoms with Gasteiger partial charge in [0.25, 0.3) is 11.4 Å². The minimum atomic E-state index is -0.780. The molecule has 1 aromatic carbocycles. The largest absolute Gasteiger partial charge is 0.504 e. The number of aryl methyl sites for hydroxylation is 1. The Labute approximate surface area is 142 Å². The third-order valence-electron chi connectivity index (χ3n) is 4.62. The first kappa shape index (κ1) is 15.6. The van der Waals surface area contributed by atoms with E-state index in [0.29, 0.717) is 11.5 Å². The fraction of sp³-hybridized carbons (Fsp3) is 0.278. The molecule has 2 heterocycles. The molecule has 0 saturated carbocycles. The van der Waals surface area contributed by atoms with Gasteiger partial charge in [-0.15, -0.1) is 0 Å². The van der Waals surface area contributed by atoms with Crippen LogP contribution in [0.1, 0.15) is 36.9 Å². The number of phenols is 1. The molecule has 1 unspecified atom stereocenters. The van der Waals surface area contributed by atoms with Crippen molar-refractivity contribution in [3.63, 3.8) is 0 Å². The lowest BCUT2D eigenvalue weighted by Crippen LogP contribution is -2.19. The first-order valence-corrected chi connectivity index (χ1v) is 8.12. The van der Waals surface area contributed by atoms with Gasteiger partial charge in [-0.1, -0.05) is 18.1 Å². The van der Waals surface area contributed by atoms with E-state index in [1.54, 1.807) is 6.07 Å². The van der Waals surface area contributed by atoms with Gasteiger partial charge < -0.3 is 14.6 Å². The Morgan fingerprint density at radius 2 is 2.20 bits per heavy atom. The predicted octanol–water partition coefficient (Wildman–Crippen LogP) is 3.38. The van der Waals surface area contributed by atoms with Crippen LogP contribution in [0.4, 0.5) is 4.39 Å². The quantitative estimate of drug-likeness (QED) is 0.745. The maximum absolute atomic E-state index is 13.5. The molecule has 0 amide bonds. The number of phenolic OH excluding ortho intramolecular Hbond substituents is 1. The highest BCUT2D eigenvalue weighted by molar-refractivity contribution is 5.65. The van der Waals surface area contributed by atoms with Crippen LogP contribution in [0.25, 0.3) is 22.8 Å². The number of nitrogens with one attached hydrogen (secondary N) is 1. The number of H-pyrrole nitrogens is 1. The molecular formula is C18H16FN3O3. The number of hydrogen-bond acceptors (Lipinski definition) is 5. The Bertz CT molecular complexity index is 1010. The average molecular weight is 341 g/mol. The van der Waals surface area contributed by atoms with E-state index < -0.39 is 11.6 Å². The highest BCUT2D eigenvalue weighted by Crippen LogP contribution is 2.32. The van der Waals surface area contributed by atoms with Crippen molar-refractivity contribution in [1.82, 2.24) is 15.1 Å². The van der Waals surface area contributed by atoms with Gasteiger partial charge in [0.2, 0.25) is 5.82 Å². The normalized spacial score (nSPS) is 16.6. The van der Waals surface area contributed by atoms with E-state index in [-0.39, 0.29) is 22.8 Å². The first-order chi connectivity index (χ1) is 12.0. The van der Waals surface area contributed by atoms with Crippen LogP contribution in [-0.4, -0.2) is 20.2 Å². The van der Waals surface area contributed by atoms with E-state index >= 15 is 0 Å². The number of rotatable bonds is 2. The van der Waals surface area contributed by atoms with Crippen LogP contribution in [-0.2, 0) is 6.42 Å². The molecule has 7 heteroatoms. The van der Waals surface area contributed by atoms with Crippen molar-refractivity contribution in [2.75, 3.05) is 0 Å². The minimum absolute atomic E-state index is 0.0440. The van der Waals surface area contributed by atoms with Gasteiger partial charge in [-0.05, 0) is 48.9 Å². The number of hydrogen-bond donors (Lipinski definition) is 2. The molecule has 0 saturated heterocycles. The van der Waals surface area contributed by atoms with E-state index in [9.17, 15) is 14.3 Å². The predicted molar refractivity (Wildman–Crippen MR) is 88.8 cm³/mol. The summed E-state index contributed by atoms with van der Waals surface area (Å²) >= 11 is 0. The van der Waals surface area contributed by atoms with Crippen LogP contribution < -0.4 is 5.56 Å². The van der Waals surface area contributed by atoms with E-state index in [1.165, 1.54) is 12.1 Å². The molecule has 4 rings (SSSR count). The lowest BCUT2D eigenvalue weighted by atomic mass is 9.87. The monoisotopic (exact) mass is 341 g/mol. The summed E-state index contributed by atoms with van der Waals surface area (Å²) in [5.41, 5.74) is 2.14. The third kappa shape index (κ3) is 2.61. The van der Waals surface area contributed by atoms with Crippen LogP contribution in [0.15, 0.2) is 33.6 Å². The average Bonchev–Trinajstić information content (AvgIpc) is 3.07. The molecule has 3 aromatic rings. The Kier molecular flexibility index (Phi) is 3.63. The molecule has 0 fully saturated rings. The zero-order chi connectivity index (χ0) is 17.6. The fourth-order valence-corrected chi connectivity index (χ4v) is 3.27. The van der Waals surface area contributed by atoms with Crippen LogP contribution in [0.2, 0.25) is 0 Å². The molecule has 1 aliphatic carbocycles. The first-order valence-electron chi connectivity index (χ1n) is 8.12. The molecule has 6 nitrogen and oxygen atoms in total. The molecule has 0 radical (unpaired) electrons. The summed E-state index contributed by atoms with van der Waals surface area (Å²) in [6, 6.07) is 5.82. The molecule has 1 atom stereocenters. The van der Waals surface area contributed by atoms with E-state index in [1.807, 2.05) is 0 Å². The number of halogens is 1. The van der Waals surface area contributed by atoms with Crippen molar-refractivity contribution in [3.05, 3.63) is 51.7 Å². The van der Waals surface area contributed by atoms with Crippen LogP contribution in [0.3, 0.4) is 0 Å². The molecule has 1 aliphatic rings. The van der Waals surface area contributed by atoms with E-state index in [0.717, 1.165) is 36.6 Å². The molecular weight excluding hydrogens is 325 g/mol. The lowest BCUT2D eigenvalue weighted by molar-refractivity contribution is 0.414. The zero-order valence-electron chi connectivity index (χ0n) is 13.5. The van der Waals surface area contributed by atoms with Gasteiger partial charge in [0.05, 0.1) is 11.1 Å². The highest BCUT2D eigenvalue weighted by atomic mass is 19.1. The smallest absolute Gasteiger partial charge is 0.262 e. The van der Waals surface area contributed by atoms with Crippen LogP contribution >= 0.6 is 0 Å². The maximum Gasteiger partial charge on any atom is 0.262 e. The maximum atomic E-state index is 13.5. The number of para-hydroxylation sites is 1. The number of aromatic nitrogens is 3. The summed E-state index contributed by atoms with van der Waals surface area (Å²) in [5, 5.41) is 13.6. The third-order valence-corrected chi connectivity index (χ3v) is 4.62. The summed E-state index contributed by atoms with van der Waals surface area (Å²) in [5.74, 6) is -0.960. The topological polar surface area (TPSA) is 92.0 Å².